The molecule has 1 amide bonds. The number of amides is 1. The van der Waals surface area contributed by atoms with E-state index in [1.165, 1.54) is 12.1 Å². The zero-order chi connectivity index (χ0) is 20.7. The fourth-order valence-electron chi connectivity index (χ4n) is 2.65. The number of hydrogen-bond donors (Lipinski definition) is 1. The summed E-state index contributed by atoms with van der Waals surface area (Å²) in [4.78, 5) is 12.3. The Bertz CT molecular complexity index is 778. The molecule has 0 saturated carbocycles. The quantitative estimate of drug-likeness (QED) is 0.681. The number of nitrogens with one attached hydrogen (secondary N) is 1. The Morgan fingerprint density at radius 1 is 1.00 bits per heavy atom. The molecule has 0 saturated heterocycles. The number of ether oxygens (including phenoxy) is 3. The van der Waals surface area contributed by atoms with Crippen LogP contribution in [0, 0.1) is 0 Å². The zero-order valence-corrected chi connectivity index (χ0v) is 16.4. The number of hydrogen-bond acceptors (Lipinski definition) is 4. The molecule has 0 aromatic heterocycles. The van der Waals surface area contributed by atoms with Gasteiger partial charge in [-0.05, 0) is 56.2 Å². The molecule has 7 heteroatoms. The highest BCUT2D eigenvalue weighted by atomic mass is 19.3. The van der Waals surface area contributed by atoms with Crippen LogP contribution in [-0.2, 0) is 11.2 Å². The lowest BCUT2D eigenvalue weighted by atomic mass is 10.1. The maximum atomic E-state index is 12.3. The highest BCUT2D eigenvalue weighted by molar-refractivity contribution is 5.79. The minimum absolute atomic E-state index is 0.0226. The number of rotatable bonds is 9. The third-order valence-electron chi connectivity index (χ3n) is 3.94. The van der Waals surface area contributed by atoms with Crippen LogP contribution in [0.5, 0.6) is 17.2 Å². The summed E-state index contributed by atoms with van der Waals surface area (Å²) in [5.41, 5.74) is 1.58. The molecule has 1 unspecified atom stereocenters. The Morgan fingerprint density at radius 2 is 1.68 bits per heavy atom. The molecular weight excluding hydrogens is 368 g/mol. The van der Waals surface area contributed by atoms with Gasteiger partial charge in [-0.1, -0.05) is 18.2 Å². The van der Waals surface area contributed by atoms with Gasteiger partial charge in [0.15, 0.2) is 11.5 Å². The molecule has 2 aromatic carbocycles. The molecule has 152 valence electrons. The van der Waals surface area contributed by atoms with Crippen molar-refractivity contribution in [3.63, 3.8) is 0 Å². The highest BCUT2D eigenvalue weighted by Crippen LogP contribution is 2.31. The van der Waals surface area contributed by atoms with Crippen molar-refractivity contribution in [2.45, 2.75) is 45.9 Å². The molecule has 28 heavy (non-hydrogen) atoms. The minimum atomic E-state index is -2.87. The number of alkyl halides is 2. The lowest BCUT2D eigenvalue weighted by Gasteiger charge is -2.18. The first-order chi connectivity index (χ1) is 13.3. The molecule has 1 atom stereocenters. The van der Waals surface area contributed by atoms with E-state index in [-0.39, 0.29) is 30.2 Å². The van der Waals surface area contributed by atoms with Gasteiger partial charge in [0.1, 0.15) is 5.75 Å². The molecule has 0 aliphatic rings. The first-order valence-corrected chi connectivity index (χ1v) is 8.96. The average Bonchev–Trinajstić information content (AvgIpc) is 2.62. The molecule has 1 N–H and O–H groups in total. The first-order valence-electron chi connectivity index (χ1n) is 8.96. The smallest absolute Gasteiger partial charge is 0.387 e. The normalized spacial score (nSPS) is 12.0. The van der Waals surface area contributed by atoms with Gasteiger partial charge in [-0.25, -0.2) is 0 Å². The fourth-order valence-corrected chi connectivity index (χ4v) is 2.65. The third kappa shape index (κ3) is 6.40. The standard InChI is InChI=1S/C21H25F2NO4/c1-13(2)27-18-10-7-16(12-19(18)26-4)14(3)24-20(25)11-15-5-8-17(9-6-15)28-21(22)23/h5-10,12-14,21H,11H2,1-4H3,(H,24,25). The van der Waals surface area contributed by atoms with E-state index in [0.717, 1.165) is 5.56 Å². The van der Waals surface area contributed by atoms with Crippen molar-refractivity contribution >= 4 is 5.91 Å². The van der Waals surface area contributed by atoms with Gasteiger partial charge in [0.05, 0.1) is 25.7 Å². The summed E-state index contributed by atoms with van der Waals surface area (Å²) in [5.74, 6) is 1.12. The number of methoxy groups -OCH3 is 1. The SMILES string of the molecule is COc1cc(C(C)NC(=O)Cc2ccc(OC(F)F)cc2)ccc1OC(C)C. The maximum absolute atomic E-state index is 12.3. The van der Waals surface area contributed by atoms with Crippen molar-refractivity contribution in [1.82, 2.24) is 5.32 Å². The molecule has 2 rings (SSSR count). The number of halogens is 2. The monoisotopic (exact) mass is 393 g/mol. The predicted molar refractivity (Wildman–Crippen MR) is 102 cm³/mol. The molecule has 0 bridgehead atoms. The van der Waals surface area contributed by atoms with Gasteiger partial charge < -0.3 is 19.5 Å². The second kappa shape index (κ2) is 9.92. The molecule has 0 fully saturated rings. The average molecular weight is 393 g/mol. The summed E-state index contributed by atoms with van der Waals surface area (Å²) in [6.45, 7) is 2.87. The van der Waals surface area contributed by atoms with Crippen LogP contribution in [-0.4, -0.2) is 25.7 Å². The van der Waals surface area contributed by atoms with Crippen LogP contribution >= 0.6 is 0 Å². The second-order valence-corrected chi connectivity index (χ2v) is 6.57. The van der Waals surface area contributed by atoms with Crippen LogP contribution in [0.3, 0.4) is 0 Å². The third-order valence-corrected chi connectivity index (χ3v) is 3.94. The van der Waals surface area contributed by atoms with Crippen LogP contribution < -0.4 is 19.5 Å². The van der Waals surface area contributed by atoms with Crippen LogP contribution in [0.2, 0.25) is 0 Å². The van der Waals surface area contributed by atoms with Gasteiger partial charge in [0.25, 0.3) is 0 Å². The summed E-state index contributed by atoms with van der Waals surface area (Å²) in [7, 11) is 1.57. The van der Waals surface area contributed by atoms with E-state index in [1.807, 2.05) is 39.0 Å². The molecule has 0 aliphatic heterocycles. The van der Waals surface area contributed by atoms with Crippen molar-refractivity contribution in [1.29, 1.82) is 0 Å². The largest absolute Gasteiger partial charge is 0.493 e. The maximum Gasteiger partial charge on any atom is 0.387 e. The van der Waals surface area contributed by atoms with Gasteiger partial charge >= 0.3 is 6.61 Å². The van der Waals surface area contributed by atoms with E-state index in [1.54, 1.807) is 19.2 Å². The van der Waals surface area contributed by atoms with Crippen LogP contribution in [0.15, 0.2) is 42.5 Å². The van der Waals surface area contributed by atoms with Crippen molar-refractivity contribution in [3.05, 3.63) is 53.6 Å². The highest BCUT2D eigenvalue weighted by Gasteiger charge is 2.14. The van der Waals surface area contributed by atoms with Crippen LogP contribution in [0.25, 0.3) is 0 Å². The first kappa shape index (κ1) is 21.5. The lowest BCUT2D eigenvalue weighted by Crippen LogP contribution is -2.28. The molecule has 5 nitrogen and oxygen atoms in total. The van der Waals surface area contributed by atoms with E-state index in [4.69, 9.17) is 9.47 Å². The Balaban J connectivity index is 1.98. The predicted octanol–water partition coefficient (Wildman–Crippen LogP) is 4.50. The van der Waals surface area contributed by atoms with E-state index in [2.05, 4.69) is 10.1 Å². The molecule has 0 aliphatic carbocycles. The Kier molecular flexibility index (Phi) is 7.61. The number of carbonyl (C=O) groups is 1. The summed E-state index contributed by atoms with van der Waals surface area (Å²) in [6.07, 6.45) is 0.152. The van der Waals surface area contributed by atoms with Gasteiger partial charge in [0, 0.05) is 0 Å². The van der Waals surface area contributed by atoms with Gasteiger partial charge in [-0.3, -0.25) is 4.79 Å². The Labute approximate surface area is 163 Å². The Hall–Kier alpha value is -2.83. The summed E-state index contributed by atoms with van der Waals surface area (Å²) < 4.78 is 39.7. The summed E-state index contributed by atoms with van der Waals surface area (Å²) in [6, 6.07) is 11.3. The van der Waals surface area contributed by atoms with E-state index >= 15 is 0 Å². The fraction of sp³-hybridized carbons (Fsp3) is 0.381. The van der Waals surface area contributed by atoms with Crippen molar-refractivity contribution in [3.8, 4) is 17.2 Å². The van der Waals surface area contributed by atoms with Gasteiger partial charge in [-0.15, -0.1) is 0 Å². The molecule has 0 spiro atoms. The van der Waals surface area contributed by atoms with Crippen molar-refractivity contribution in [2.24, 2.45) is 0 Å². The molecule has 0 radical (unpaired) electrons. The molecule has 0 heterocycles. The van der Waals surface area contributed by atoms with Crippen LogP contribution in [0.4, 0.5) is 8.78 Å². The van der Waals surface area contributed by atoms with Gasteiger partial charge in [0.2, 0.25) is 5.91 Å². The second-order valence-electron chi connectivity index (χ2n) is 6.57. The zero-order valence-electron chi connectivity index (χ0n) is 16.4. The molecule has 2 aromatic rings. The minimum Gasteiger partial charge on any atom is -0.493 e. The van der Waals surface area contributed by atoms with Crippen molar-refractivity contribution < 1.29 is 27.8 Å². The summed E-state index contributed by atoms with van der Waals surface area (Å²) in [5, 5.41) is 2.92. The van der Waals surface area contributed by atoms with Crippen LogP contribution in [0.1, 0.15) is 37.9 Å². The van der Waals surface area contributed by atoms with Crippen molar-refractivity contribution in [2.75, 3.05) is 7.11 Å². The number of benzene rings is 2. The van der Waals surface area contributed by atoms with E-state index in [0.29, 0.717) is 17.1 Å². The lowest BCUT2D eigenvalue weighted by molar-refractivity contribution is -0.121. The number of carbonyl (C=O) groups excluding carboxylic acids is 1. The van der Waals surface area contributed by atoms with Gasteiger partial charge in [-0.2, -0.15) is 8.78 Å². The van der Waals surface area contributed by atoms with E-state index < -0.39 is 6.61 Å². The summed E-state index contributed by atoms with van der Waals surface area (Å²) >= 11 is 0. The topological polar surface area (TPSA) is 56.8 Å². The Morgan fingerprint density at radius 3 is 2.25 bits per heavy atom. The van der Waals surface area contributed by atoms with E-state index in [9.17, 15) is 13.6 Å². The molecular formula is C21H25F2NO4.